The quantitative estimate of drug-likeness (QED) is 0.478. The van der Waals surface area contributed by atoms with Gasteiger partial charge in [-0.2, -0.15) is 0 Å². The van der Waals surface area contributed by atoms with E-state index in [4.69, 9.17) is 9.39 Å². The molecule has 7 nitrogen and oxygen atoms in total. The van der Waals surface area contributed by atoms with Crippen LogP contribution in [0.1, 0.15) is 42.6 Å². The van der Waals surface area contributed by atoms with Crippen molar-refractivity contribution in [3.8, 4) is 5.75 Å². The maximum Gasteiger partial charge on any atom is 0.526 e. The molecule has 1 aromatic rings. The summed E-state index contributed by atoms with van der Waals surface area (Å²) >= 11 is 0. The van der Waals surface area contributed by atoms with Crippen LogP contribution in [-0.2, 0) is 25.5 Å². The first kappa shape index (κ1) is 18.0. The van der Waals surface area contributed by atoms with Crippen molar-refractivity contribution in [2.75, 3.05) is 6.79 Å². The normalized spacial score (nSPS) is 16.0. The Morgan fingerprint density at radius 3 is 2.75 bits per heavy atom. The molecule has 24 heavy (non-hydrogen) atoms. The summed E-state index contributed by atoms with van der Waals surface area (Å²) in [4.78, 5) is 34.4. The van der Waals surface area contributed by atoms with E-state index < -0.39 is 25.8 Å². The highest BCUT2D eigenvalue weighted by Gasteiger charge is 2.37. The number of ether oxygens (including phenoxy) is 2. The van der Waals surface area contributed by atoms with Crippen LogP contribution < -0.4 is 4.65 Å². The van der Waals surface area contributed by atoms with Gasteiger partial charge in [-0.3, -0.25) is 9.59 Å². The van der Waals surface area contributed by atoms with Crippen LogP contribution in [0.3, 0.4) is 0 Å². The Balaban J connectivity index is 2.13. The predicted molar refractivity (Wildman–Crippen MR) is 84.5 cm³/mol. The minimum Gasteiger partial charge on any atom is -0.535 e. The predicted octanol–water partition coefficient (Wildman–Crippen LogP) is 1.52. The number of hydrogen-bond donors (Lipinski definition) is 1. The maximum atomic E-state index is 12.1. The molecule has 0 radical (unpaired) electrons. The summed E-state index contributed by atoms with van der Waals surface area (Å²) in [5.41, 5.74) is 0.857. The molecule has 128 valence electrons. The van der Waals surface area contributed by atoms with E-state index in [-0.39, 0.29) is 29.3 Å². The highest BCUT2D eigenvalue weighted by Crippen LogP contribution is 2.36. The van der Waals surface area contributed by atoms with Crippen LogP contribution in [0.15, 0.2) is 18.2 Å². The van der Waals surface area contributed by atoms with E-state index in [1.165, 1.54) is 13.0 Å². The Kier molecular flexibility index (Phi) is 5.97. The van der Waals surface area contributed by atoms with Crippen molar-refractivity contribution in [2.45, 2.75) is 38.9 Å². The average molecular weight is 334 g/mol. The van der Waals surface area contributed by atoms with Crippen LogP contribution in [0.5, 0.6) is 5.75 Å². The molecule has 1 aliphatic heterocycles. The molecule has 0 aliphatic carbocycles. The highest BCUT2D eigenvalue weighted by molar-refractivity contribution is 6.47. The third kappa shape index (κ3) is 4.35. The topological polar surface area (TPSA) is 99.1 Å². The first-order valence-corrected chi connectivity index (χ1v) is 7.71. The van der Waals surface area contributed by atoms with Gasteiger partial charge in [0.25, 0.3) is 0 Å². The number of carbonyl (C=O) groups excluding carboxylic acids is 3. The second-order valence-electron chi connectivity index (χ2n) is 5.55. The summed E-state index contributed by atoms with van der Waals surface area (Å²) in [6.45, 7) is 2.48. The van der Waals surface area contributed by atoms with Crippen molar-refractivity contribution in [2.24, 2.45) is 0 Å². The molecule has 0 fully saturated rings. The first-order valence-electron chi connectivity index (χ1n) is 7.71. The molecule has 0 saturated carbocycles. The summed E-state index contributed by atoms with van der Waals surface area (Å²) in [6.07, 6.45) is 1.05. The summed E-state index contributed by atoms with van der Waals surface area (Å²) in [5.74, 6) is -1.35. The standard InChI is InChI=1S/C16H19BO7/c1-3-13(19)8-12-7-11-5-4-6-14(15(11)24-17(12)21)16(20)23-9-22-10(2)18/h4-6,12,21H,3,7-9H2,1-2H3/t12-/m1/s1. The van der Waals surface area contributed by atoms with E-state index >= 15 is 0 Å². The molecular formula is C16H19BO7. The molecule has 0 amide bonds. The minimum atomic E-state index is -1.17. The number of carbonyl (C=O) groups is 3. The molecule has 0 aromatic heterocycles. The Bertz CT molecular complexity index is 643. The van der Waals surface area contributed by atoms with Crippen LogP contribution in [0.4, 0.5) is 0 Å². The second kappa shape index (κ2) is 7.96. The number of rotatable bonds is 6. The van der Waals surface area contributed by atoms with Crippen LogP contribution in [0.2, 0.25) is 5.82 Å². The molecule has 0 saturated heterocycles. The molecule has 1 aromatic carbocycles. The second-order valence-corrected chi connectivity index (χ2v) is 5.55. The smallest absolute Gasteiger partial charge is 0.526 e. The zero-order valence-corrected chi connectivity index (χ0v) is 13.6. The zero-order valence-electron chi connectivity index (χ0n) is 13.6. The van der Waals surface area contributed by atoms with Gasteiger partial charge in [-0.25, -0.2) is 4.79 Å². The van der Waals surface area contributed by atoms with Gasteiger partial charge in [0.15, 0.2) is 0 Å². The van der Waals surface area contributed by atoms with Gasteiger partial charge in [0.1, 0.15) is 17.1 Å². The third-order valence-corrected chi connectivity index (χ3v) is 3.78. The number of ketones is 1. The summed E-state index contributed by atoms with van der Waals surface area (Å²) in [7, 11) is -1.17. The lowest BCUT2D eigenvalue weighted by molar-refractivity contribution is -0.149. The largest absolute Gasteiger partial charge is 0.535 e. The molecule has 1 heterocycles. The van der Waals surface area contributed by atoms with Crippen molar-refractivity contribution < 1.29 is 33.5 Å². The van der Waals surface area contributed by atoms with Crippen molar-refractivity contribution >= 4 is 24.8 Å². The fourth-order valence-electron chi connectivity index (χ4n) is 2.50. The molecule has 0 bridgehead atoms. The van der Waals surface area contributed by atoms with E-state index in [1.54, 1.807) is 19.1 Å². The molecule has 1 aliphatic rings. The van der Waals surface area contributed by atoms with Crippen molar-refractivity contribution in [1.29, 1.82) is 0 Å². The van der Waals surface area contributed by atoms with Gasteiger partial charge in [-0.1, -0.05) is 19.1 Å². The van der Waals surface area contributed by atoms with Gasteiger partial charge in [-0.15, -0.1) is 0 Å². The van der Waals surface area contributed by atoms with Crippen LogP contribution in [0, 0.1) is 0 Å². The Labute approximate surface area is 140 Å². The van der Waals surface area contributed by atoms with Gasteiger partial charge >= 0.3 is 19.1 Å². The number of benzene rings is 1. The van der Waals surface area contributed by atoms with E-state index in [9.17, 15) is 19.4 Å². The molecule has 1 N–H and O–H groups in total. The summed E-state index contributed by atoms with van der Waals surface area (Å²) in [5, 5.41) is 10.1. The van der Waals surface area contributed by atoms with Gasteiger partial charge in [-0.05, 0) is 18.1 Å². The Morgan fingerprint density at radius 1 is 1.33 bits per heavy atom. The van der Waals surface area contributed by atoms with Crippen LogP contribution >= 0.6 is 0 Å². The van der Waals surface area contributed by atoms with Gasteiger partial charge < -0.3 is 19.2 Å². The molecule has 8 heteroatoms. The van der Waals surface area contributed by atoms with Gasteiger partial charge in [0.2, 0.25) is 6.79 Å². The average Bonchev–Trinajstić information content (AvgIpc) is 2.54. The number of fused-ring (bicyclic) bond motifs is 1. The lowest BCUT2D eigenvalue weighted by Crippen LogP contribution is -2.35. The maximum absolute atomic E-state index is 12.1. The molecule has 2 rings (SSSR count). The molecule has 0 spiro atoms. The van der Waals surface area contributed by atoms with E-state index in [2.05, 4.69) is 4.74 Å². The van der Waals surface area contributed by atoms with E-state index in [0.717, 1.165) is 5.56 Å². The third-order valence-electron chi connectivity index (χ3n) is 3.78. The van der Waals surface area contributed by atoms with Crippen molar-refractivity contribution in [1.82, 2.24) is 0 Å². The van der Waals surface area contributed by atoms with Crippen molar-refractivity contribution in [3.05, 3.63) is 29.3 Å². The fraction of sp³-hybridized carbons (Fsp3) is 0.438. The Hall–Kier alpha value is -2.35. The minimum absolute atomic E-state index is 0.0445. The highest BCUT2D eigenvalue weighted by atomic mass is 16.7. The molecule has 0 unspecified atom stereocenters. The lowest BCUT2D eigenvalue weighted by Gasteiger charge is -2.28. The van der Waals surface area contributed by atoms with Crippen LogP contribution in [-0.4, -0.2) is 36.7 Å². The van der Waals surface area contributed by atoms with Gasteiger partial charge in [0.05, 0.1) is 0 Å². The molecule has 1 atom stereocenters. The zero-order chi connectivity index (χ0) is 17.7. The fourth-order valence-corrected chi connectivity index (χ4v) is 2.50. The summed E-state index contributed by atoms with van der Waals surface area (Å²) < 4.78 is 14.9. The number of esters is 2. The first-order chi connectivity index (χ1) is 11.4. The monoisotopic (exact) mass is 334 g/mol. The Morgan fingerprint density at radius 2 is 2.08 bits per heavy atom. The van der Waals surface area contributed by atoms with Crippen molar-refractivity contribution in [3.63, 3.8) is 0 Å². The van der Waals surface area contributed by atoms with Gasteiger partial charge in [0, 0.05) is 25.6 Å². The number of hydrogen-bond acceptors (Lipinski definition) is 7. The van der Waals surface area contributed by atoms with E-state index in [1.807, 2.05) is 0 Å². The number of para-hydroxylation sites is 1. The number of Topliss-reactive ketones (excluding diaryl/α,β-unsaturated/α-hetero) is 1. The lowest BCUT2D eigenvalue weighted by atomic mass is 9.64. The van der Waals surface area contributed by atoms with E-state index in [0.29, 0.717) is 12.8 Å². The summed E-state index contributed by atoms with van der Waals surface area (Å²) in [6, 6.07) is 4.94. The SMILES string of the molecule is CCC(=O)C[C@H]1Cc2cccc(C(=O)OCOC(C)=O)c2OB1O. The van der Waals surface area contributed by atoms with Crippen LogP contribution in [0.25, 0.3) is 0 Å². The molecular weight excluding hydrogens is 315 g/mol.